The van der Waals surface area contributed by atoms with Gasteiger partial charge in [0, 0.05) is 19.4 Å². The van der Waals surface area contributed by atoms with E-state index < -0.39 is 17.7 Å². The predicted molar refractivity (Wildman–Crippen MR) is 127 cm³/mol. The van der Waals surface area contributed by atoms with Crippen molar-refractivity contribution in [3.63, 3.8) is 0 Å². The van der Waals surface area contributed by atoms with Gasteiger partial charge in [-0.3, -0.25) is 9.59 Å². The van der Waals surface area contributed by atoms with Crippen molar-refractivity contribution in [2.24, 2.45) is 0 Å². The lowest BCUT2D eigenvalue weighted by molar-refractivity contribution is -0.121. The van der Waals surface area contributed by atoms with Crippen molar-refractivity contribution >= 4 is 16.9 Å². The van der Waals surface area contributed by atoms with Gasteiger partial charge in [0.15, 0.2) is 11.6 Å². The Hall–Kier alpha value is -3.87. The Kier molecular flexibility index (Phi) is 7.11. The monoisotopic (exact) mass is 461 g/mol. The fraction of sp³-hybridized carbons (Fsp3) is 0.222. The number of fused-ring (bicyclic) bond motifs is 1. The van der Waals surface area contributed by atoms with Crippen LogP contribution in [0.5, 0.6) is 0 Å². The van der Waals surface area contributed by atoms with E-state index in [1.54, 1.807) is 11.5 Å². The molecule has 34 heavy (non-hydrogen) atoms. The molecule has 1 atom stereocenters. The third kappa shape index (κ3) is 5.36. The molecule has 0 unspecified atom stereocenters. The molecule has 7 heteroatoms. The quantitative estimate of drug-likeness (QED) is 0.413. The van der Waals surface area contributed by atoms with Crippen LogP contribution < -0.4 is 10.9 Å². The van der Waals surface area contributed by atoms with E-state index in [4.69, 9.17) is 0 Å². The van der Waals surface area contributed by atoms with Gasteiger partial charge in [0.1, 0.15) is 5.69 Å². The molecule has 0 radical (unpaired) electrons. The molecule has 4 aromatic rings. The molecule has 0 saturated heterocycles. The number of halogens is 2. The molecule has 0 aliphatic rings. The van der Waals surface area contributed by atoms with Crippen LogP contribution in [-0.4, -0.2) is 15.5 Å². The molecule has 3 aromatic carbocycles. The van der Waals surface area contributed by atoms with Crippen LogP contribution in [0.25, 0.3) is 11.0 Å². The highest BCUT2D eigenvalue weighted by Crippen LogP contribution is 2.16. The van der Waals surface area contributed by atoms with Gasteiger partial charge in [-0.25, -0.2) is 13.8 Å². The van der Waals surface area contributed by atoms with E-state index in [2.05, 4.69) is 10.3 Å². The third-order valence-corrected chi connectivity index (χ3v) is 5.80. The number of amides is 1. The SMILES string of the molecule is C[C@H](NC(=O)CCc1nc2ccccc2n(CCc2ccccc2)c1=O)c1ccc(F)c(F)c1. The predicted octanol–water partition coefficient (Wildman–Crippen LogP) is 4.73. The van der Waals surface area contributed by atoms with Gasteiger partial charge in [0.25, 0.3) is 5.56 Å². The molecule has 0 saturated carbocycles. The van der Waals surface area contributed by atoms with Gasteiger partial charge in [-0.05, 0) is 48.7 Å². The zero-order valence-corrected chi connectivity index (χ0v) is 18.8. The molecule has 0 spiro atoms. The first-order chi connectivity index (χ1) is 16.4. The Morgan fingerprint density at radius 2 is 1.71 bits per heavy atom. The topological polar surface area (TPSA) is 64.0 Å². The van der Waals surface area contributed by atoms with Gasteiger partial charge in [-0.15, -0.1) is 0 Å². The summed E-state index contributed by atoms with van der Waals surface area (Å²) in [5.41, 5.74) is 3.14. The maximum Gasteiger partial charge on any atom is 0.272 e. The molecule has 1 amide bonds. The number of aromatic nitrogens is 2. The van der Waals surface area contributed by atoms with E-state index in [0.717, 1.165) is 23.2 Å². The first kappa shape index (κ1) is 23.3. The summed E-state index contributed by atoms with van der Waals surface area (Å²) < 4.78 is 28.4. The second kappa shape index (κ2) is 10.4. The second-order valence-corrected chi connectivity index (χ2v) is 8.20. The average Bonchev–Trinajstić information content (AvgIpc) is 2.84. The summed E-state index contributed by atoms with van der Waals surface area (Å²) in [6.07, 6.45) is 0.916. The van der Waals surface area contributed by atoms with Crippen molar-refractivity contribution in [2.45, 2.75) is 38.8 Å². The summed E-state index contributed by atoms with van der Waals surface area (Å²) in [4.78, 5) is 30.2. The number of hydrogen-bond acceptors (Lipinski definition) is 3. The molecule has 1 aromatic heterocycles. The van der Waals surface area contributed by atoms with Crippen LogP contribution in [0.1, 0.15) is 36.2 Å². The molecular weight excluding hydrogens is 436 g/mol. The number of benzene rings is 3. The third-order valence-electron chi connectivity index (χ3n) is 5.80. The molecular formula is C27H25F2N3O2. The van der Waals surface area contributed by atoms with Crippen molar-refractivity contribution in [1.82, 2.24) is 14.9 Å². The van der Waals surface area contributed by atoms with Crippen LogP contribution in [0.3, 0.4) is 0 Å². The zero-order valence-electron chi connectivity index (χ0n) is 18.8. The number of para-hydroxylation sites is 2. The Bertz CT molecular complexity index is 1370. The van der Waals surface area contributed by atoms with Crippen LogP contribution in [0, 0.1) is 11.6 Å². The molecule has 0 aliphatic carbocycles. The Labute approximate surface area is 196 Å². The smallest absolute Gasteiger partial charge is 0.272 e. The van der Waals surface area contributed by atoms with E-state index in [1.807, 2.05) is 54.6 Å². The zero-order chi connectivity index (χ0) is 24.1. The highest BCUT2D eigenvalue weighted by Gasteiger charge is 2.15. The normalized spacial score (nSPS) is 12.0. The highest BCUT2D eigenvalue weighted by molar-refractivity contribution is 5.77. The Balaban J connectivity index is 1.49. The number of nitrogens with one attached hydrogen (secondary N) is 1. The van der Waals surface area contributed by atoms with Gasteiger partial charge < -0.3 is 9.88 Å². The van der Waals surface area contributed by atoms with E-state index in [9.17, 15) is 18.4 Å². The summed E-state index contributed by atoms with van der Waals surface area (Å²) in [6.45, 7) is 2.19. The van der Waals surface area contributed by atoms with E-state index in [-0.39, 0.29) is 24.3 Å². The fourth-order valence-electron chi connectivity index (χ4n) is 3.93. The number of aryl methyl sites for hydroxylation is 3. The van der Waals surface area contributed by atoms with Crippen LogP contribution >= 0.6 is 0 Å². The van der Waals surface area contributed by atoms with Gasteiger partial charge in [0.2, 0.25) is 5.91 Å². The second-order valence-electron chi connectivity index (χ2n) is 8.20. The van der Waals surface area contributed by atoms with Gasteiger partial charge >= 0.3 is 0 Å². The lowest BCUT2D eigenvalue weighted by atomic mass is 10.1. The average molecular weight is 462 g/mol. The van der Waals surface area contributed by atoms with Gasteiger partial charge in [-0.1, -0.05) is 48.5 Å². The number of rotatable bonds is 8. The summed E-state index contributed by atoms with van der Waals surface area (Å²) >= 11 is 0. The first-order valence-corrected chi connectivity index (χ1v) is 11.2. The fourth-order valence-corrected chi connectivity index (χ4v) is 3.93. The minimum Gasteiger partial charge on any atom is -0.350 e. The molecule has 0 aliphatic heterocycles. The minimum absolute atomic E-state index is 0.0489. The molecule has 0 bridgehead atoms. The van der Waals surface area contributed by atoms with Gasteiger partial charge in [0.05, 0.1) is 17.1 Å². The standard InChI is InChI=1S/C27H25F2N3O2/c1-18(20-11-12-21(28)22(29)17-20)30-26(33)14-13-24-27(34)32(16-15-19-7-3-2-4-8-19)25-10-6-5-9-23(25)31-24/h2-12,17-18H,13-16H2,1H3,(H,30,33)/t18-/m0/s1. The molecule has 0 fully saturated rings. The Morgan fingerprint density at radius 1 is 0.971 bits per heavy atom. The Morgan fingerprint density at radius 3 is 2.47 bits per heavy atom. The molecule has 5 nitrogen and oxygen atoms in total. The summed E-state index contributed by atoms with van der Waals surface area (Å²) in [7, 11) is 0. The highest BCUT2D eigenvalue weighted by atomic mass is 19.2. The van der Waals surface area contributed by atoms with Crippen LogP contribution in [0.4, 0.5) is 8.78 Å². The van der Waals surface area contributed by atoms with E-state index in [0.29, 0.717) is 29.7 Å². The molecule has 174 valence electrons. The first-order valence-electron chi connectivity index (χ1n) is 11.2. The maximum atomic E-state index is 13.5. The minimum atomic E-state index is -0.963. The molecule has 1 N–H and O–H groups in total. The van der Waals surface area contributed by atoms with Crippen LogP contribution in [0.2, 0.25) is 0 Å². The number of carbonyl (C=O) groups is 1. The van der Waals surface area contributed by atoms with Crippen LogP contribution in [-0.2, 0) is 24.2 Å². The summed E-state index contributed by atoms with van der Waals surface area (Å²) in [5.74, 6) is -2.20. The van der Waals surface area contributed by atoms with Crippen molar-refractivity contribution < 1.29 is 13.6 Å². The molecule has 4 rings (SSSR count). The lowest BCUT2D eigenvalue weighted by Crippen LogP contribution is -2.30. The number of nitrogens with zero attached hydrogens (tertiary/aromatic N) is 2. The van der Waals surface area contributed by atoms with Crippen molar-refractivity contribution in [3.05, 3.63) is 112 Å². The van der Waals surface area contributed by atoms with Crippen molar-refractivity contribution in [2.75, 3.05) is 0 Å². The lowest BCUT2D eigenvalue weighted by Gasteiger charge is -2.15. The maximum absolute atomic E-state index is 13.5. The summed E-state index contributed by atoms with van der Waals surface area (Å²) in [6, 6.07) is 20.4. The number of hydrogen-bond donors (Lipinski definition) is 1. The van der Waals surface area contributed by atoms with E-state index >= 15 is 0 Å². The van der Waals surface area contributed by atoms with Crippen molar-refractivity contribution in [3.8, 4) is 0 Å². The van der Waals surface area contributed by atoms with E-state index in [1.165, 1.54) is 6.07 Å². The molecule has 1 heterocycles. The summed E-state index contributed by atoms with van der Waals surface area (Å²) in [5, 5.41) is 2.77. The largest absolute Gasteiger partial charge is 0.350 e. The number of carbonyl (C=O) groups excluding carboxylic acids is 1. The van der Waals surface area contributed by atoms with Gasteiger partial charge in [-0.2, -0.15) is 0 Å². The van der Waals surface area contributed by atoms with Crippen LogP contribution in [0.15, 0.2) is 77.6 Å². The van der Waals surface area contributed by atoms with Crippen molar-refractivity contribution in [1.29, 1.82) is 0 Å².